The molecule has 10 heteroatoms. The molecule has 0 aliphatic carbocycles. The third-order valence-corrected chi connectivity index (χ3v) is 5.33. The maximum Gasteiger partial charge on any atom is 0.241 e. The van der Waals surface area contributed by atoms with Gasteiger partial charge in [0.25, 0.3) is 0 Å². The second kappa shape index (κ2) is 10.1. The van der Waals surface area contributed by atoms with Gasteiger partial charge < -0.3 is 9.47 Å². The van der Waals surface area contributed by atoms with Crippen LogP contribution in [0.3, 0.4) is 0 Å². The first-order valence-electron chi connectivity index (χ1n) is 8.15. The fraction of sp³-hybridized carbons (Fsp3) is 0.222. The van der Waals surface area contributed by atoms with E-state index < -0.39 is 15.9 Å². The molecule has 0 aliphatic heterocycles. The van der Waals surface area contributed by atoms with Crippen LogP contribution in [0.5, 0.6) is 11.5 Å². The summed E-state index contributed by atoms with van der Waals surface area (Å²) in [4.78, 5) is 11.9. The molecule has 2 N–H and O–H groups in total. The molecule has 0 unspecified atom stereocenters. The number of amides is 1. The average Bonchev–Trinajstić information content (AvgIpc) is 2.68. The molecular formula is C18H20ClN3O5S. The van der Waals surface area contributed by atoms with Crippen molar-refractivity contribution in [2.24, 2.45) is 5.10 Å². The van der Waals surface area contributed by atoms with Gasteiger partial charge in [-0.2, -0.15) is 5.10 Å². The Hall–Kier alpha value is -2.62. The predicted octanol–water partition coefficient (Wildman–Crippen LogP) is 2.18. The lowest BCUT2D eigenvalue weighted by molar-refractivity contribution is -0.120. The molecule has 0 spiro atoms. The number of methoxy groups -OCH3 is 2. The summed E-state index contributed by atoms with van der Waals surface area (Å²) in [6, 6.07) is 10.9. The Kier molecular flexibility index (Phi) is 7.80. The summed E-state index contributed by atoms with van der Waals surface area (Å²) in [7, 11) is -0.655. The van der Waals surface area contributed by atoms with Crippen molar-refractivity contribution in [1.82, 2.24) is 10.1 Å². The third kappa shape index (κ3) is 6.22. The Morgan fingerprint density at radius 2 is 1.86 bits per heavy atom. The highest BCUT2D eigenvalue weighted by Crippen LogP contribution is 2.22. The van der Waals surface area contributed by atoms with Crippen LogP contribution in [0.1, 0.15) is 12.0 Å². The number of halogens is 1. The highest BCUT2D eigenvalue weighted by atomic mass is 35.5. The summed E-state index contributed by atoms with van der Waals surface area (Å²) < 4.78 is 36.9. The zero-order valence-electron chi connectivity index (χ0n) is 15.3. The summed E-state index contributed by atoms with van der Waals surface area (Å²) in [5.74, 6) is 0.733. The highest BCUT2D eigenvalue weighted by molar-refractivity contribution is 7.89. The number of rotatable bonds is 9. The third-order valence-electron chi connectivity index (χ3n) is 3.60. The van der Waals surface area contributed by atoms with Crippen molar-refractivity contribution in [1.29, 1.82) is 0 Å². The quantitative estimate of drug-likeness (QED) is 0.473. The van der Waals surface area contributed by atoms with Crippen molar-refractivity contribution >= 4 is 33.7 Å². The van der Waals surface area contributed by atoms with E-state index in [4.69, 9.17) is 21.1 Å². The monoisotopic (exact) mass is 425 g/mol. The number of nitrogens with zero attached hydrogens (tertiary/aromatic N) is 1. The molecule has 8 nitrogen and oxygen atoms in total. The summed E-state index contributed by atoms with van der Waals surface area (Å²) in [5.41, 5.74) is 2.95. The second-order valence-corrected chi connectivity index (χ2v) is 7.71. The van der Waals surface area contributed by atoms with Gasteiger partial charge in [-0.1, -0.05) is 11.6 Å². The summed E-state index contributed by atoms with van der Waals surface area (Å²) in [5, 5.41) is 4.29. The maximum atomic E-state index is 12.1. The molecule has 0 saturated heterocycles. The molecule has 2 aromatic rings. The lowest BCUT2D eigenvalue weighted by Crippen LogP contribution is -2.29. The lowest BCUT2D eigenvalue weighted by Gasteiger charge is -2.07. The number of sulfonamides is 1. The van der Waals surface area contributed by atoms with Crippen LogP contribution in [-0.2, 0) is 14.8 Å². The standard InChI is InChI=1S/C18H20ClN3O5S/c1-26-15-5-8-17(27-2)13(11-15)12-20-22-18(23)9-10-21-28(24,25)16-6-3-14(19)4-7-16/h3-8,11-12,21H,9-10H2,1-2H3,(H,22,23). The number of hydrazone groups is 1. The van der Waals surface area contributed by atoms with Crippen molar-refractivity contribution in [3.63, 3.8) is 0 Å². The van der Waals surface area contributed by atoms with E-state index in [0.717, 1.165) is 0 Å². The number of carbonyl (C=O) groups is 1. The molecule has 2 rings (SSSR count). The normalized spacial score (nSPS) is 11.4. The van der Waals surface area contributed by atoms with E-state index in [1.165, 1.54) is 44.7 Å². The van der Waals surface area contributed by atoms with Crippen LogP contribution in [0.4, 0.5) is 0 Å². The Bertz CT molecular complexity index is 946. The molecule has 1 amide bonds. The van der Waals surface area contributed by atoms with Crippen LogP contribution in [0.2, 0.25) is 5.02 Å². The number of benzene rings is 2. The molecule has 0 fully saturated rings. The Labute approximate surface area is 168 Å². The molecule has 2 aromatic carbocycles. The minimum atomic E-state index is -3.71. The largest absolute Gasteiger partial charge is 0.497 e. The molecule has 0 aromatic heterocycles. The van der Waals surface area contributed by atoms with Gasteiger partial charge in [0.1, 0.15) is 11.5 Å². The van der Waals surface area contributed by atoms with Gasteiger partial charge >= 0.3 is 0 Å². The van der Waals surface area contributed by atoms with Crippen LogP contribution < -0.4 is 19.6 Å². The summed E-state index contributed by atoms with van der Waals surface area (Å²) in [6.07, 6.45) is 1.33. The van der Waals surface area contributed by atoms with Gasteiger partial charge in [-0.15, -0.1) is 0 Å². The molecule has 28 heavy (non-hydrogen) atoms. The molecular weight excluding hydrogens is 406 g/mol. The van der Waals surface area contributed by atoms with Crippen molar-refractivity contribution < 1.29 is 22.7 Å². The first-order valence-corrected chi connectivity index (χ1v) is 10.0. The van der Waals surface area contributed by atoms with Crippen molar-refractivity contribution in [2.45, 2.75) is 11.3 Å². The van der Waals surface area contributed by atoms with E-state index in [-0.39, 0.29) is 17.9 Å². The molecule has 0 saturated carbocycles. The Morgan fingerprint density at radius 3 is 2.50 bits per heavy atom. The molecule has 0 heterocycles. The van der Waals surface area contributed by atoms with E-state index >= 15 is 0 Å². The van der Waals surface area contributed by atoms with E-state index in [1.807, 2.05) is 0 Å². The van der Waals surface area contributed by atoms with Gasteiger partial charge in [0.05, 0.1) is 25.3 Å². The van der Waals surface area contributed by atoms with Gasteiger partial charge in [-0.05, 0) is 42.5 Å². The highest BCUT2D eigenvalue weighted by Gasteiger charge is 2.13. The first-order chi connectivity index (χ1) is 13.4. The average molecular weight is 426 g/mol. The smallest absolute Gasteiger partial charge is 0.241 e. The van der Waals surface area contributed by atoms with Gasteiger partial charge in [-0.3, -0.25) is 4.79 Å². The van der Waals surface area contributed by atoms with Crippen molar-refractivity contribution in [2.75, 3.05) is 20.8 Å². The van der Waals surface area contributed by atoms with E-state index in [9.17, 15) is 13.2 Å². The lowest BCUT2D eigenvalue weighted by atomic mass is 10.2. The minimum Gasteiger partial charge on any atom is -0.497 e. The van der Waals surface area contributed by atoms with Crippen LogP contribution in [0.25, 0.3) is 0 Å². The fourth-order valence-corrected chi connectivity index (χ4v) is 3.32. The summed E-state index contributed by atoms with van der Waals surface area (Å²) >= 11 is 5.74. The van der Waals surface area contributed by atoms with E-state index in [2.05, 4.69) is 15.2 Å². The number of ether oxygens (including phenoxy) is 2. The SMILES string of the molecule is COc1ccc(OC)c(C=NNC(=O)CCNS(=O)(=O)c2ccc(Cl)cc2)c1. The Balaban J connectivity index is 1.86. The molecule has 0 radical (unpaired) electrons. The maximum absolute atomic E-state index is 12.1. The summed E-state index contributed by atoms with van der Waals surface area (Å²) in [6.45, 7) is -0.0746. The predicted molar refractivity (Wildman–Crippen MR) is 107 cm³/mol. The zero-order valence-corrected chi connectivity index (χ0v) is 16.9. The van der Waals surface area contributed by atoms with E-state index in [1.54, 1.807) is 18.2 Å². The van der Waals surface area contributed by atoms with Gasteiger partial charge in [0.2, 0.25) is 15.9 Å². The number of nitrogens with one attached hydrogen (secondary N) is 2. The van der Waals surface area contributed by atoms with Gasteiger partial charge in [0, 0.05) is 23.6 Å². The molecule has 150 valence electrons. The fourth-order valence-electron chi connectivity index (χ4n) is 2.17. The Morgan fingerprint density at radius 1 is 1.14 bits per heavy atom. The molecule has 0 aliphatic rings. The van der Waals surface area contributed by atoms with Crippen LogP contribution in [-0.4, -0.2) is 41.3 Å². The molecule has 0 bridgehead atoms. The van der Waals surface area contributed by atoms with Gasteiger partial charge in [-0.25, -0.2) is 18.6 Å². The minimum absolute atomic E-state index is 0.0699. The molecule has 0 atom stereocenters. The van der Waals surface area contributed by atoms with E-state index in [0.29, 0.717) is 22.1 Å². The zero-order chi connectivity index (χ0) is 20.6. The van der Waals surface area contributed by atoms with Crippen LogP contribution in [0, 0.1) is 0 Å². The number of hydrogen-bond acceptors (Lipinski definition) is 6. The van der Waals surface area contributed by atoms with Crippen LogP contribution >= 0.6 is 11.6 Å². The number of carbonyl (C=O) groups excluding carboxylic acids is 1. The topological polar surface area (TPSA) is 106 Å². The van der Waals surface area contributed by atoms with Crippen molar-refractivity contribution in [3.8, 4) is 11.5 Å². The van der Waals surface area contributed by atoms with Crippen molar-refractivity contribution in [3.05, 3.63) is 53.1 Å². The first kappa shape index (κ1) is 21.7. The second-order valence-electron chi connectivity index (χ2n) is 5.50. The van der Waals surface area contributed by atoms with Crippen LogP contribution in [0.15, 0.2) is 52.5 Å². The van der Waals surface area contributed by atoms with Gasteiger partial charge in [0.15, 0.2) is 0 Å². The number of hydrogen-bond donors (Lipinski definition) is 2.